The normalized spacial score (nSPS) is 10.1. The maximum absolute atomic E-state index is 6.01. The highest BCUT2D eigenvalue weighted by molar-refractivity contribution is 5.85. The Morgan fingerprint density at radius 3 is 2.00 bits per heavy atom. The number of benzene rings is 2. The van der Waals surface area contributed by atoms with Crippen LogP contribution >= 0.6 is 12.4 Å². The Kier molecular flexibility index (Phi) is 6.73. The first-order valence-corrected chi connectivity index (χ1v) is 7.03. The number of hydrogen-bond acceptors (Lipinski definition) is 2. The molecule has 21 heavy (non-hydrogen) atoms. The van der Waals surface area contributed by atoms with Gasteiger partial charge < -0.3 is 10.1 Å². The highest BCUT2D eigenvalue weighted by Gasteiger charge is 2.06. The van der Waals surface area contributed by atoms with Crippen molar-refractivity contribution in [3.8, 4) is 5.75 Å². The molecular weight excluding hydrogens is 282 g/mol. The lowest BCUT2D eigenvalue weighted by Crippen LogP contribution is -2.06. The highest BCUT2D eigenvalue weighted by Crippen LogP contribution is 2.25. The van der Waals surface area contributed by atoms with Crippen molar-refractivity contribution < 1.29 is 4.74 Å². The Morgan fingerprint density at radius 1 is 0.905 bits per heavy atom. The minimum Gasteiger partial charge on any atom is -0.488 e. The predicted octanol–water partition coefficient (Wildman–Crippen LogP) is 4.33. The van der Waals surface area contributed by atoms with Gasteiger partial charge in [0.05, 0.1) is 0 Å². The summed E-state index contributed by atoms with van der Waals surface area (Å²) in [6, 6.07) is 12.9. The maximum atomic E-state index is 6.01. The second-order valence-corrected chi connectivity index (χ2v) is 5.36. The van der Waals surface area contributed by atoms with Gasteiger partial charge in [0.15, 0.2) is 0 Å². The average molecular weight is 306 g/mol. The molecule has 0 aliphatic heterocycles. The van der Waals surface area contributed by atoms with Crippen LogP contribution in [0, 0.1) is 20.8 Å². The molecule has 0 aromatic heterocycles. The van der Waals surface area contributed by atoms with Crippen LogP contribution in [0.5, 0.6) is 5.75 Å². The Hall–Kier alpha value is -1.51. The molecule has 0 amide bonds. The van der Waals surface area contributed by atoms with E-state index in [0.29, 0.717) is 6.61 Å². The van der Waals surface area contributed by atoms with Gasteiger partial charge in [0.1, 0.15) is 12.4 Å². The van der Waals surface area contributed by atoms with Crippen LogP contribution in [0.1, 0.15) is 27.8 Å². The molecule has 0 aliphatic rings. The lowest BCUT2D eigenvalue weighted by molar-refractivity contribution is 0.302. The van der Waals surface area contributed by atoms with Crippen LogP contribution in [-0.2, 0) is 13.2 Å². The summed E-state index contributed by atoms with van der Waals surface area (Å²) in [4.78, 5) is 0. The average Bonchev–Trinajstić information content (AvgIpc) is 2.40. The van der Waals surface area contributed by atoms with Gasteiger partial charge in [0.2, 0.25) is 0 Å². The lowest BCUT2D eigenvalue weighted by Gasteiger charge is -2.14. The van der Waals surface area contributed by atoms with E-state index in [1.54, 1.807) is 0 Å². The van der Waals surface area contributed by atoms with Crippen molar-refractivity contribution in [2.75, 3.05) is 7.05 Å². The molecule has 114 valence electrons. The minimum absolute atomic E-state index is 0. The van der Waals surface area contributed by atoms with Gasteiger partial charge in [-0.3, -0.25) is 0 Å². The molecule has 0 aliphatic carbocycles. The summed E-state index contributed by atoms with van der Waals surface area (Å²) >= 11 is 0. The third-order valence-electron chi connectivity index (χ3n) is 3.40. The standard InChI is InChI=1S/C18H23NO.ClH/c1-13-5-7-16(8-6-13)12-20-18-14(2)9-17(11-19-4)10-15(18)3;/h5-10,19H,11-12H2,1-4H3;1H. The molecule has 1 N–H and O–H groups in total. The van der Waals surface area contributed by atoms with Crippen molar-refractivity contribution in [1.29, 1.82) is 0 Å². The fourth-order valence-corrected chi connectivity index (χ4v) is 2.41. The highest BCUT2D eigenvalue weighted by atomic mass is 35.5. The molecule has 0 radical (unpaired) electrons. The zero-order valence-electron chi connectivity index (χ0n) is 13.2. The monoisotopic (exact) mass is 305 g/mol. The Labute approximate surface area is 133 Å². The third kappa shape index (κ3) is 4.76. The van der Waals surface area contributed by atoms with Crippen molar-refractivity contribution in [2.24, 2.45) is 0 Å². The number of ether oxygens (including phenoxy) is 1. The van der Waals surface area contributed by atoms with Gasteiger partial charge >= 0.3 is 0 Å². The Morgan fingerprint density at radius 2 is 1.48 bits per heavy atom. The third-order valence-corrected chi connectivity index (χ3v) is 3.40. The molecule has 0 spiro atoms. The fourth-order valence-electron chi connectivity index (χ4n) is 2.41. The van der Waals surface area contributed by atoms with Crippen molar-refractivity contribution in [3.05, 3.63) is 64.2 Å². The van der Waals surface area contributed by atoms with Gasteiger partial charge in [-0.15, -0.1) is 12.4 Å². The number of hydrogen-bond donors (Lipinski definition) is 1. The predicted molar refractivity (Wildman–Crippen MR) is 91.4 cm³/mol. The molecule has 0 heterocycles. The summed E-state index contributed by atoms with van der Waals surface area (Å²) in [7, 11) is 1.96. The number of aryl methyl sites for hydroxylation is 3. The van der Waals surface area contributed by atoms with Crippen LogP contribution < -0.4 is 10.1 Å². The fraction of sp³-hybridized carbons (Fsp3) is 0.333. The van der Waals surface area contributed by atoms with E-state index >= 15 is 0 Å². The first-order chi connectivity index (χ1) is 9.60. The maximum Gasteiger partial charge on any atom is 0.125 e. The molecular formula is C18H24ClNO. The second kappa shape index (κ2) is 8.06. The van der Waals surface area contributed by atoms with E-state index in [-0.39, 0.29) is 12.4 Å². The van der Waals surface area contributed by atoms with Gasteiger partial charge in [0, 0.05) is 6.54 Å². The van der Waals surface area contributed by atoms with Crippen molar-refractivity contribution in [3.63, 3.8) is 0 Å². The smallest absolute Gasteiger partial charge is 0.125 e. The molecule has 2 nitrogen and oxygen atoms in total. The van der Waals surface area contributed by atoms with E-state index in [1.807, 2.05) is 7.05 Å². The summed E-state index contributed by atoms with van der Waals surface area (Å²) in [6.07, 6.45) is 0. The zero-order valence-corrected chi connectivity index (χ0v) is 14.0. The van der Waals surface area contributed by atoms with E-state index in [4.69, 9.17) is 4.74 Å². The molecule has 0 bridgehead atoms. The Balaban J connectivity index is 0.00000220. The van der Waals surface area contributed by atoms with Gasteiger partial charge in [-0.1, -0.05) is 42.0 Å². The summed E-state index contributed by atoms with van der Waals surface area (Å²) in [6.45, 7) is 7.82. The molecule has 0 saturated carbocycles. The SMILES string of the molecule is CNCc1cc(C)c(OCc2ccc(C)cc2)c(C)c1.Cl. The Bertz CT molecular complexity index is 555. The van der Waals surface area contributed by atoms with Crippen molar-refractivity contribution in [1.82, 2.24) is 5.32 Å². The van der Waals surface area contributed by atoms with Crippen LogP contribution in [0.15, 0.2) is 36.4 Å². The molecule has 0 saturated heterocycles. The zero-order chi connectivity index (χ0) is 14.5. The summed E-state index contributed by atoms with van der Waals surface area (Å²) in [5.41, 5.74) is 6.17. The van der Waals surface area contributed by atoms with Crippen LogP contribution in [0.4, 0.5) is 0 Å². The van der Waals surface area contributed by atoms with E-state index in [0.717, 1.165) is 12.3 Å². The number of halogens is 1. The van der Waals surface area contributed by atoms with Gasteiger partial charge in [-0.2, -0.15) is 0 Å². The molecule has 0 fully saturated rings. The van der Waals surface area contributed by atoms with Gasteiger partial charge in [0.25, 0.3) is 0 Å². The van der Waals surface area contributed by atoms with E-state index in [9.17, 15) is 0 Å². The van der Waals surface area contributed by atoms with E-state index < -0.39 is 0 Å². The van der Waals surface area contributed by atoms with Crippen LogP contribution in [0.2, 0.25) is 0 Å². The van der Waals surface area contributed by atoms with Crippen molar-refractivity contribution in [2.45, 2.75) is 33.9 Å². The van der Waals surface area contributed by atoms with E-state index in [1.165, 1.54) is 27.8 Å². The minimum atomic E-state index is 0. The largest absolute Gasteiger partial charge is 0.488 e. The second-order valence-electron chi connectivity index (χ2n) is 5.36. The lowest BCUT2D eigenvalue weighted by atomic mass is 10.1. The molecule has 2 rings (SSSR count). The number of nitrogens with one attached hydrogen (secondary N) is 1. The summed E-state index contributed by atoms with van der Waals surface area (Å²) in [5.74, 6) is 1.01. The first kappa shape index (κ1) is 17.5. The van der Waals surface area contributed by atoms with Crippen LogP contribution in [-0.4, -0.2) is 7.05 Å². The van der Waals surface area contributed by atoms with Crippen LogP contribution in [0.25, 0.3) is 0 Å². The molecule has 2 aromatic carbocycles. The number of rotatable bonds is 5. The van der Waals surface area contributed by atoms with Gasteiger partial charge in [-0.25, -0.2) is 0 Å². The van der Waals surface area contributed by atoms with Crippen LogP contribution in [0.3, 0.4) is 0 Å². The van der Waals surface area contributed by atoms with E-state index in [2.05, 4.69) is 62.5 Å². The molecule has 2 aromatic rings. The van der Waals surface area contributed by atoms with Gasteiger partial charge in [-0.05, 0) is 50.1 Å². The first-order valence-electron chi connectivity index (χ1n) is 7.03. The summed E-state index contributed by atoms with van der Waals surface area (Å²) in [5, 5.41) is 3.18. The quantitative estimate of drug-likeness (QED) is 0.887. The molecule has 3 heteroatoms. The molecule has 0 unspecified atom stereocenters. The summed E-state index contributed by atoms with van der Waals surface area (Å²) < 4.78 is 6.01. The topological polar surface area (TPSA) is 21.3 Å². The van der Waals surface area contributed by atoms with Crippen molar-refractivity contribution >= 4 is 12.4 Å². The molecule has 0 atom stereocenters.